The molecule has 0 aromatic rings. The van der Waals surface area contributed by atoms with Gasteiger partial charge in [-0.1, -0.05) is 0 Å². The van der Waals surface area contributed by atoms with E-state index in [1.807, 2.05) is 0 Å². The van der Waals surface area contributed by atoms with Crippen LogP contribution in [0.3, 0.4) is 0 Å². The van der Waals surface area contributed by atoms with Crippen molar-refractivity contribution in [2.24, 2.45) is 0 Å². The molecule has 0 aromatic carbocycles. The van der Waals surface area contributed by atoms with Crippen molar-refractivity contribution in [3.8, 4) is 0 Å². The number of thiocarbonyl (C=S) groups is 2. The first-order chi connectivity index (χ1) is 8.20. The van der Waals surface area contributed by atoms with Gasteiger partial charge in [0.05, 0.1) is 0 Å². The van der Waals surface area contributed by atoms with Crippen LogP contribution in [0.2, 0.25) is 0 Å². The first kappa shape index (κ1) is 11.8. The predicted molar refractivity (Wildman–Crippen MR) is 78.7 cm³/mol. The van der Waals surface area contributed by atoms with Crippen molar-refractivity contribution in [2.45, 2.75) is 20.3 Å². The molecule has 94 valence electrons. The fourth-order valence-corrected chi connectivity index (χ4v) is 9.09. The molecular weight excluding hydrogens is 319 g/mol. The van der Waals surface area contributed by atoms with Crippen molar-refractivity contribution in [2.75, 3.05) is 26.2 Å². The van der Waals surface area contributed by atoms with Gasteiger partial charge >= 0.3 is 117 Å². The molecule has 7 heteroatoms. The van der Waals surface area contributed by atoms with Crippen molar-refractivity contribution in [3.63, 3.8) is 0 Å². The summed E-state index contributed by atoms with van der Waals surface area (Å²) in [5, 5.41) is 2.05. The Labute approximate surface area is 117 Å². The Bertz CT molecular complexity index is 400. The molecule has 0 N–H and O–H groups in total. The molecule has 3 aliphatic rings. The van der Waals surface area contributed by atoms with Gasteiger partial charge in [0.2, 0.25) is 0 Å². The van der Waals surface area contributed by atoms with Crippen molar-refractivity contribution in [3.05, 3.63) is 0 Å². The fourth-order valence-electron chi connectivity index (χ4n) is 2.52. The molecule has 0 saturated carbocycles. The number of nitrogens with zero attached hydrogens (tertiary/aromatic N) is 4. The van der Waals surface area contributed by atoms with E-state index in [9.17, 15) is 0 Å². The Balaban J connectivity index is 2.10. The fraction of sp³-hybridized carbons (Fsp3) is 0.700. The summed E-state index contributed by atoms with van der Waals surface area (Å²) in [5.41, 5.74) is 0. The number of rotatable bonds is 2. The van der Waals surface area contributed by atoms with E-state index in [-0.39, 0.29) is 0 Å². The van der Waals surface area contributed by atoms with E-state index >= 15 is 0 Å². The third kappa shape index (κ3) is 1.43. The van der Waals surface area contributed by atoms with Gasteiger partial charge in [0.15, 0.2) is 0 Å². The second kappa shape index (κ2) is 4.16. The monoisotopic (exact) mass is 336 g/mol. The van der Waals surface area contributed by atoms with Gasteiger partial charge < -0.3 is 0 Å². The zero-order chi connectivity index (χ0) is 12.2. The second-order valence-corrected chi connectivity index (χ2v) is 8.61. The average Bonchev–Trinajstić information content (AvgIpc) is 2.79. The molecule has 4 nitrogen and oxygen atoms in total. The summed E-state index contributed by atoms with van der Waals surface area (Å²) in [6.45, 7) is 8.51. The Hall–Kier alpha value is -0.231. The summed E-state index contributed by atoms with van der Waals surface area (Å²) in [4.78, 5) is 4.66. The topological polar surface area (TPSA) is 13.0 Å². The van der Waals surface area contributed by atoms with E-state index in [1.165, 1.54) is 4.67 Å². The van der Waals surface area contributed by atoms with Gasteiger partial charge in [-0.3, -0.25) is 0 Å². The zero-order valence-corrected chi connectivity index (χ0v) is 13.4. The van der Waals surface area contributed by atoms with E-state index in [2.05, 4.69) is 31.5 Å². The summed E-state index contributed by atoms with van der Waals surface area (Å²) in [7, 11) is 0. The first-order valence-corrected chi connectivity index (χ1v) is 9.20. The van der Waals surface area contributed by atoms with Crippen LogP contribution in [-0.2, 0) is 0 Å². The third-order valence-corrected chi connectivity index (χ3v) is 9.84. The molecule has 3 aliphatic heterocycles. The molecule has 1 fully saturated rings. The molecular formula is C10H16N4S2Se. The van der Waals surface area contributed by atoms with Crippen LogP contribution in [0, 0.1) is 0 Å². The van der Waals surface area contributed by atoms with E-state index in [0.29, 0.717) is 0 Å². The van der Waals surface area contributed by atoms with Gasteiger partial charge in [-0.05, 0) is 0 Å². The Morgan fingerprint density at radius 1 is 1.00 bits per heavy atom. The standard InChI is InChI=1S/C10H16N4S2Se/c1-3-13-8(15)11-6-5-7-12-9(16)14(4-2)17(13)10(11)12/h3-7H2,1-2H3. The van der Waals surface area contributed by atoms with Crippen molar-refractivity contribution >= 4 is 53.2 Å². The van der Waals surface area contributed by atoms with Crippen molar-refractivity contribution < 1.29 is 0 Å². The van der Waals surface area contributed by atoms with Crippen LogP contribution in [0.1, 0.15) is 20.3 Å². The first-order valence-electron chi connectivity index (χ1n) is 6.00. The molecule has 0 amide bonds. The van der Waals surface area contributed by atoms with Gasteiger partial charge in [-0.2, -0.15) is 0 Å². The Kier molecular flexibility index (Phi) is 2.89. The minimum atomic E-state index is -1.16. The van der Waals surface area contributed by atoms with E-state index in [0.717, 1.165) is 42.8 Å². The van der Waals surface area contributed by atoms with E-state index in [4.69, 9.17) is 24.4 Å². The summed E-state index contributed by atoms with van der Waals surface area (Å²) in [6.07, 6.45) is 1.15. The predicted octanol–water partition coefficient (Wildman–Crippen LogP) is 0.392. The summed E-state index contributed by atoms with van der Waals surface area (Å²) < 4.78 is 6.24. The molecule has 0 unspecified atom stereocenters. The number of hydrogen-bond acceptors (Lipinski definition) is 2. The Morgan fingerprint density at radius 2 is 1.47 bits per heavy atom. The molecule has 3 heterocycles. The molecule has 0 aromatic heterocycles. The molecule has 1 saturated heterocycles. The maximum atomic E-state index is 5.61. The van der Waals surface area contributed by atoms with Crippen molar-refractivity contribution in [1.82, 2.24) is 17.6 Å². The average molecular weight is 335 g/mol. The second-order valence-electron chi connectivity index (χ2n) is 4.16. The van der Waals surface area contributed by atoms with Gasteiger partial charge in [0.1, 0.15) is 0 Å². The van der Waals surface area contributed by atoms with Crippen LogP contribution >= 0.6 is 24.4 Å². The van der Waals surface area contributed by atoms with Gasteiger partial charge in [0.25, 0.3) is 0 Å². The van der Waals surface area contributed by atoms with Gasteiger partial charge in [-0.25, -0.2) is 0 Å². The van der Waals surface area contributed by atoms with Gasteiger partial charge in [0, 0.05) is 0 Å². The molecule has 0 aliphatic carbocycles. The molecule has 0 spiro atoms. The molecule has 0 atom stereocenters. The van der Waals surface area contributed by atoms with Crippen molar-refractivity contribution in [1.29, 1.82) is 0 Å². The van der Waals surface area contributed by atoms with E-state index in [1.54, 1.807) is 0 Å². The molecule has 17 heavy (non-hydrogen) atoms. The SMILES string of the molecule is CCN1C(=S)N2CCCN3C(=S)N(CC)[Se]1=C23. The van der Waals surface area contributed by atoms with Crippen LogP contribution in [0.25, 0.3) is 0 Å². The van der Waals surface area contributed by atoms with Gasteiger partial charge in [-0.15, -0.1) is 0 Å². The normalized spacial score (nSPS) is 24.2. The summed E-state index contributed by atoms with van der Waals surface area (Å²) in [6, 6.07) is 0. The maximum absolute atomic E-state index is 5.61. The van der Waals surface area contributed by atoms with Crippen LogP contribution in [0.4, 0.5) is 0 Å². The van der Waals surface area contributed by atoms with E-state index < -0.39 is 13.9 Å². The zero-order valence-electron chi connectivity index (χ0n) is 10.0. The minimum absolute atomic E-state index is 0.996. The molecule has 0 radical (unpaired) electrons. The Morgan fingerprint density at radius 3 is 1.88 bits per heavy atom. The van der Waals surface area contributed by atoms with Crippen LogP contribution < -0.4 is 0 Å². The van der Waals surface area contributed by atoms with Crippen LogP contribution in [-0.4, -0.2) is 72.6 Å². The third-order valence-electron chi connectivity index (χ3n) is 3.27. The number of hydrogen-bond donors (Lipinski definition) is 0. The van der Waals surface area contributed by atoms with Crippen LogP contribution in [0.5, 0.6) is 0 Å². The summed E-state index contributed by atoms with van der Waals surface area (Å²) in [5.74, 6) is 0. The van der Waals surface area contributed by atoms with Crippen LogP contribution in [0.15, 0.2) is 0 Å². The molecule has 3 rings (SSSR count). The summed E-state index contributed by atoms with van der Waals surface area (Å²) >= 11 is 10.1. The quantitative estimate of drug-likeness (QED) is 0.531. The molecule has 0 bridgehead atoms.